The highest BCUT2D eigenvalue weighted by atomic mass is 32.2. The maximum atomic E-state index is 2.51. The van der Waals surface area contributed by atoms with Gasteiger partial charge in [0.2, 0.25) is 0 Å². The van der Waals surface area contributed by atoms with Crippen LogP contribution in [-0.2, 0) is 0 Å². The van der Waals surface area contributed by atoms with Crippen LogP contribution in [0.3, 0.4) is 0 Å². The molecule has 0 saturated heterocycles. The van der Waals surface area contributed by atoms with Gasteiger partial charge in [-0.05, 0) is 24.5 Å². The topological polar surface area (TPSA) is 3.24 Å². The van der Waals surface area contributed by atoms with E-state index in [0.717, 1.165) is 6.54 Å². The predicted octanol–water partition coefficient (Wildman–Crippen LogP) is 3.99. The molecular weight excluding hydrogens is 202 g/mol. The smallest absolute Gasteiger partial charge is 0.0845 e. The van der Waals surface area contributed by atoms with E-state index in [1.807, 2.05) is 11.8 Å². The largest absolute Gasteiger partial charge is 0.358 e. The quantitative estimate of drug-likeness (QED) is 0.705. The van der Waals surface area contributed by atoms with Crippen molar-refractivity contribution in [3.8, 4) is 0 Å². The van der Waals surface area contributed by atoms with Crippen LogP contribution in [0.1, 0.15) is 27.7 Å². The molecule has 0 fully saturated rings. The molecule has 1 aromatic carbocycles. The summed E-state index contributed by atoms with van der Waals surface area (Å²) in [5.41, 5.74) is 1.73. The molecular formula is C13H19NS. The zero-order valence-electron chi connectivity index (χ0n) is 9.95. The molecule has 0 radical (unpaired) electrons. The third-order valence-corrected chi connectivity index (χ3v) is 4.56. The first-order chi connectivity index (χ1) is 7.04. The lowest BCUT2D eigenvalue weighted by Gasteiger charge is -2.35. The van der Waals surface area contributed by atoms with Crippen molar-refractivity contribution in [2.24, 2.45) is 5.41 Å². The molecule has 1 atom stereocenters. The number of hydrogen-bond acceptors (Lipinski definition) is 2. The van der Waals surface area contributed by atoms with E-state index in [0.29, 0.717) is 10.8 Å². The normalized spacial score (nSPS) is 20.5. The average Bonchev–Trinajstić information content (AvgIpc) is 2.55. The fourth-order valence-corrected chi connectivity index (χ4v) is 3.53. The Labute approximate surface area is 96.9 Å². The minimum Gasteiger partial charge on any atom is -0.358 e. The highest BCUT2D eigenvalue weighted by Gasteiger charge is 2.36. The van der Waals surface area contributed by atoms with Crippen LogP contribution in [0.25, 0.3) is 0 Å². The summed E-state index contributed by atoms with van der Waals surface area (Å²) in [5, 5.41) is 0.569. The predicted molar refractivity (Wildman–Crippen MR) is 68.6 cm³/mol. The molecule has 15 heavy (non-hydrogen) atoms. The molecule has 0 aliphatic carbocycles. The highest BCUT2D eigenvalue weighted by molar-refractivity contribution is 8.00. The van der Waals surface area contributed by atoms with Gasteiger partial charge in [0.15, 0.2) is 0 Å². The maximum absolute atomic E-state index is 2.51. The van der Waals surface area contributed by atoms with Gasteiger partial charge in [-0.2, -0.15) is 0 Å². The van der Waals surface area contributed by atoms with Crippen LogP contribution in [-0.4, -0.2) is 11.9 Å². The standard InChI is InChI=1S/C13H19NS/c1-5-14-10-8-6-7-9-11(10)15-12(14)13(2,3)4/h6-9,12H,5H2,1-4H3. The van der Waals surface area contributed by atoms with E-state index in [1.54, 1.807) is 0 Å². The van der Waals surface area contributed by atoms with E-state index in [4.69, 9.17) is 0 Å². The van der Waals surface area contributed by atoms with E-state index in [2.05, 4.69) is 56.9 Å². The molecule has 1 aromatic rings. The summed E-state index contributed by atoms with van der Waals surface area (Å²) in [6.45, 7) is 10.3. The van der Waals surface area contributed by atoms with E-state index in [-0.39, 0.29) is 0 Å². The first-order valence-corrected chi connectivity index (χ1v) is 6.44. The Balaban J connectivity index is 2.37. The van der Waals surface area contributed by atoms with E-state index >= 15 is 0 Å². The molecule has 1 heterocycles. The first kappa shape index (κ1) is 10.9. The van der Waals surface area contributed by atoms with Gasteiger partial charge in [-0.25, -0.2) is 0 Å². The monoisotopic (exact) mass is 221 g/mol. The molecule has 2 rings (SSSR count). The minimum atomic E-state index is 0.319. The first-order valence-electron chi connectivity index (χ1n) is 5.56. The number of fused-ring (bicyclic) bond motifs is 1. The van der Waals surface area contributed by atoms with Gasteiger partial charge in [0.05, 0.1) is 11.1 Å². The zero-order chi connectivity index (χ0) is 11.1. The summed E-state index contributed by atoms with van der Waals surface area (Å²) in [4.78, 5) is 3.94. The number of nitrogens with zero attached hydrogens (tertiary/aromatic N) is 1. The van der Waals surface area contributed by atoms with Gasteiger partial charge in [-0.15, -0.1) is 0 Å². The molecule has 1 unspecified atom stereocenters. The fourth-order valence-electron chi connectivity index (χ4n) is 2.08. The Morgan fingerprint density at radius 2 is 1.93 bits per heavy atom. The van der Waals surface area contributed by atoms with Crippen molar-refractivity contribution in [2.75, 3.05) is 11.4 Å². The van der Waals surface area contributed by atoms with Crippen molar-refractivity contribution in [1.82, 2.24) is 0 Å². The molecule has 0 saturated carbocycles. The van der Waals surface area contributed by atoms with Crippen molar-refractivity contribution >= 4 is 17.4 Å². The van der Waals surface area contributed by atoms with Gasteiger partial charge >= 0.3 is 0 Å². The van der Waals surface area contributed by atoms with Crippen LogP contribution in [0.2, 0.25) is 0 Å². The van der Waals surface area contributed by atoms with Crippen molar-refractivity contribution in [1.29, 1.82) is 0 Å². The molecule has 0 amide bonds. The zero-order valence-corrected chi connectivity index (χ0v) is 10.8. The number of rotatable bonds is 1. The van der Waals surface area contributed by atoms with E-state index in [9.17, 15) is 0 Å². The molecule has 1 aliphatic rings. The summed E-state index contributed by atoms with van der Waals surface area (Å²) >= 11 is 2.00. The third-order valence-electron chi connectivity index (χ3n) is 2.78. The van der Waals surface area contributed by atoms with Crippen LogP contribution in [0, 0.1) is 5.41 Å². The second-order valence-electron chi connectivity index (χ2n) is 5.09. The van der Waals surface area contributed by atoms with Gasteiger partial charge in [-0.3, -0.25) is 0 Å². The van der Waals surface area contributed by atoms with Crippen molar-refractivity contribution in [3.63, 3.8) is 0 Å². The summed E-state index contributed by atoms with van der Waals surface area (Å²) < 4.78 is 0. The lowest BCUT2D eigenvalue weighted by Crippen LogP contribution is -2.38. The maximum Gasteiger partial charge on any atom is 0.0845 e. The molecule has 1 nitrogen and oxygen atoms in total. The highest BCUT2D eigenvalue weighted by Crippen LogP contribution is 2.49. The lowest BCUT2D eigenvalue weighted by molar-refractivity contribution is 0.387. The second-order valence-corrected chi connectivity index (χ2v) is 6.21. The molecule has 0 bridgehead atoms. The number of benzene rings is 1. The van der Waals surface area contributed by atoms with Crippen LogP contribution in [0.15, 0.2) is 29.2 Å². The van der Waals surface area contributed by atoms with Crippen LogP contribution >= 0.6 is 11.8 Å². The number of para-hydroxylation sites is 1. The number of thioether (sulfide) groups is 1. The SMILES string of the molecule is CCN1c2ccccc2SC1C(C)(C)C. The molecule has 2 heteroatoms. The summed E-state index contributed by atoms with van der Waals surface area (Å²) in [6, 6.07) is 8.73. The van der Waals surface area contributed by atoms with Crippen molar-refractivity contribution in [2.45, 2.75) is 38.0 Å². The van der Waals surface area contributed by atoms with Crippen molar-refractivity contribution in [3.05, 3.63) is 24.3 Å². The summed E-state index contributed by atoms with van der Waals surface area (Å²) in [5.74, 6) is 0. The average molecular weight is 221 g/mol. The molecule has 1 aliphatic heterocycles. The van der Waals surface area contributed by atoms with Crippen LogP contribution in [0.4, 0.5) is 5.69 Å². The Hall–Kier alpha value is -0.630. The Kier molecular flexibility index (Phi) is 2.72. The Morgan fingerprint density at radius 3 is 2.53 bits per heavy atom. The van der Waals surface area contributed by atoms with Gasteiger partial charge in [0.1, 0.15) is 0 Å². The van der Waals surface area contributed by atoms with Gasteiger partial charge in [0, 0.05) is 11.4 Å². The van der Waals surface area contributed by atoms with Crippen molar-refractivity contribution < 1.29 is 0 Å². The van der Waals surface area contributed by atoms with Crippen LogP contribution < -0.4 is 4.90 Å². The third kappa shape index (κ3) is 1.87. The lowest BCUT2D eigenvalue weighted by atomic mass is 9.95. The summed E-state index contributed by atoms with van der Waals surface area (Å²) in [7, 11) is 0. The number of anilines is 1. The van der Waals surface area contributed by atoms with E-state index < -0.39 is 0 Å². The van der Waals surface area contributed by atoms with Gasteiger partial charge in [0.25, 0.3) is 0 Å². The van der Waals surface area contributed by atoms with Gasteiger partial charge in [-0.1, -0.05) is 44.7 Å². The van der Waals surface area contributed by atoms with Gasteiger partial charge < -0.3 is 4.90 Å². The van der Waals surface area contributed by atoms with E-state index in [1.165, 1.54) is 10.6 Å². The Morgan fingerprint density at radius 1 is 1.27 bits per heavy atom. The molecule has 0 aromatic heterocycles. The second kappa shape index (κ2) is 3.75. The minimum absolute atomic E-state index is 0.319. The Bertz CT molecular complexity index is 354. The van der Waals surface area contributed by atoms with Crippen LogP contribution in [0.5, 0.6) is 0 Å². The molecule has 0 spiro atoms. The number of hydrogen-bond donors (Lipinski definition) is 0. The molecule has 82 valence electrons. The fraction of sp³-hybridized carbons (Fsp3) is 0.538. The summed E-state index contributed by atoms with van der Waals surface area (Å²) in [6.07, 6.45) is 0. The molecule has 0 N–H and O–H groups in total.